The van der Waals surface area contributed by atoms with Gasteiger partial charge in [0.15, 0.2) is 5.82 Å². The van der Waals surface area contributed by atoms with Crippen LogP contribution in [0.3, 0.4) is 0 Å². The van der Waals surface area contributed by atoms with E-state index in [9.17, 15) is 0 Å². The van der Waals surface area contributed by atoms with Gasteiger partial charge in [-0.25, -0.2) is 9.97 Å². The van der Waals surface area contributed by atoms with Gasteiger partial charge in [0.1, 0.15) is 17.6 Å². The van der Waals surface area contributed by atoms with Gasteiger partial charge < -0.3 is 9.47 Å². The molecule has 3 heterocycles. The minimum Gasteiger partial charge on any atom is -0.457 e. The summed E-state index contributed by atoms with van der Waals surface area (Å²) >= 11 is 0. The van der Waals surface area contributed by atoms with Gasteiger partial charge in [0.25, 0.3) is 0 Å². The first kappa shape index (κ1) is 28.2. The summed E-state index contributed by atoms with van der Waals surface area (Å²) in [5.74, 6) is 2.51. The largest absolute Gasteiger partial charge is 0.457 e. The molecule has 3 aliphatic rings. The van der Waals surface area contributed by atoms with Crippen LogP contribution in [0.25, 0.3) is 33.8 Å². The van der Waals surface area contributed by atoms with E-state index in [1.165, 1.54) is 27.8 Å². The van der Waals surface area contributed by atoms with Gasteiger partial charge in [-0.1, -0.05) is 133 Å². The van der Waals surface area contributed by atoms with Crippen molar-refractivity contribution in [2.24, 2.45) is 0 Å². The Balaban J connectivity index is 1.07. The number of aromatic nitrogens is 2. The van der Waals surface area contributed by atoms with Crippen molar-refractivity contribution in [3.05, 3.63) is 191 Å². The minimum atomic E-state index is -0.493. The van der Waals surface area contributed by atoms with E-state index in [1.807, 2.05) is 36.4 Å². The number of hydrogen-bond donors (Lipinski definition) is 0. The third-order valence-corrected chi connectivity index (χ3v) is 10.4. The van der Waals surface area contributed by atoms with Crippen molar-refractivity contribution in [1.82, 2.24) is 9.97 Å². The number of nitrogens with zero attached hydrogens (tertiary/aromatic N) is 2. The summed E-state index contributed by atoms with van der Waals surface area (Å²) in [4.78, 5) is 10.1. The van der Waals surface area contributed by atoms with Crippen molar-refractivity contribution in [2.75, 3.05) is 0 Å². The lowest BCUT2D eigenvalue weighted by Crippen LogP contribution is -2.32. The molecule has 6 aromatic carbocycles. The highest BCUT2D eigenvalue weighted by Gasteiger charge is 2.51. The van der Waals surface area contributed by atoms with Crippen molar-refractivity contribution >= 4 is 0 Å². The van der Waals surface area contributed by atoms with Crippen LogP contribution >= 0.6 is 0 Å². The molecular formula is C45H32N2O2. The summed E-state index contributed by atoms with van der Waals surface area (Å²) in [6.07, 6.45) is 1.55. The second-order valence-corrected chi connectivity index (χ2v) is 13.1. The van der Waals surface area contributed by atoms with E-state index in [0.29, 0.717) is 5.82 Å². The van der Waals surface area contributed by atoms with Crippen LogP contribution in [0.2, 0.25) is 0 Å². The molecule has 0 bridgehead atoms. The first-order valence-electron chi connectivity index (χ1n) is 17.0. The number of hydrogen-bond acceptors (Lipinski definition) is 4. The van der Waals surface area contributed by atoms with Crippen LogP contribution in [-0.4, -0.2) is 9.97 Å². The number of rotatable bonds is 4. The SMILES string of the molecule is c1ccc(-c2cc(C3CCC(c4ccc5c(c4)C4(c6ccccc6O5)c5ccccc5-c5ccccc54)O3)nc(-c3ccccc3)n2)cc1. The summed E-state index contributed by atoms with van der Waals surface area (Å²) in [7, 11) is 0. The van der Waals surface area contributed by atoms with Crippen LogP contribution in [0.4, 0.5) is 0 Å². The number of para-hydroxylation sites is 1. The topological polar surface area (TPSA) is 44.2 Å². The highest BCUT2D eigenvalue weighted by Crippen LogP contribution is 2.62. The summed E-state index contributed by atoms with van der Waals surface area (Å²) in [5.41, 5.74) is 12.0. The fraction of sp³-hybridized carbons (Fsp3) is 0.111. The van der Waals surface area contributed by atoms with E-state index in [2.05, 4.69) is 121 Å². The number of ether oxygens (including phenoxy) is 2. The van der Waals surface area contributed by atoms with Crippen molar-refractivity contribution in [3.63, 3.8) is 0 Å². The van der Waals surface area contributed by atoms with E-state index in [1.54, 1.807) is 0 Å². The number of benzene rings is 6. The van der Waals surface area contributed by atoms with E-state index in [4.69, 9.17) is 19.4 Å². The third kappa shape index (κ3) is 4.34. The van der Waals surface area contributed by atoms with Gasteiger partial charge in [-0.3, -0.25) is 0 Å². The highest BCUT2D eigenvalue weighted by atomic mass is 16.5. The molecule has 4 heteroatoms. The number of fused-ring (bicyclic) bond motifs is 9. The summed E-state index contributed by atoms with van der Waals surface area (Å²) < 4.78 is 13.6. The van der Waals surface area contributed by atoms with Gasteiger partial charge in [0.05, 0.1) is 22.9 Å². The van der Waals surface area contributed by atoms with Crippen LogP contribution in [0.15, 0.2) is 158 Å². The lowest BCUT2D eigenvalue weighted by Gasteiger charge is -2.39. The molecule has 2 aliphatic heterocycles. The molecule has 1 saturated heterocycles. The first-order chi connectivity index (χ1) is 24.3. The van der Waals surface area contributed by atoms with Crippen molar-refractivity contribution < 1.29 is 9.47 Å². The molecule has 0 amide bonds. The molecule has 7 aromatic rings. The molecule has 1 aliphatic carbocycles. The fourth-order valence-electron chi connectivity index (χ4n) is 8.28. The maximum absolute atomic E-state index is 6.93. The van der Waals surface area contributed by atoms with Crippen LogP contribution < -0.4 is 4.74 Å². The van der Waals surface area contributed by atoms with Crippen molar-refractivity contribution in [2.45, 2.75) is 30.5 Å². The van der Waals surface area contributed by atoms with Gasteiger partial charge >= 0.3 is 0 Å². The van der Waals surface area contributed by atoms with Gasteiger partial charge in [0, 0.05) is 22.3 Å². The molecule has 0 saturated carbocycles. The Bertz CT molecular complexity index is 2270. The maximum Gasteiger partial charge on any atom is 0.160 e. The van der Waals surface area contributed by atoms with E-state index in [0.717, 1.165) is 58.0 Å². The normalized spacial score (nSPS) is 17.9. The molecule has 0 radical (unpaired) electrons. The lowest BCUT2D eigenvalue weighted by atomic mass is 9.66. The monoisotopic (exact) mass is 632 g/mol. The first-order valence-corrected chi connectivity index (χ1v) is 17.0. The second kappa shape index (κ2) is 11.1. The van der Waals surface area contributed by atoms with Crippen molar-refractivity contribution in [3.8, 4) is 45.3 Å². The van der Waals surface area contributed by atoms with Gasteiger partial charge in [0.2, 0.25) is 0 Å². The molecule has 2 unspecified atom stereocenters. The smallest absolute Gasteiger partial charge is 0.160 e. The molecule has 49 heavy (non-hydrogen) atoms. The molecule has 0 N–H and O–H groups in total. The molecular weight excluding hydrogens is 601 g/mol. The second-order valence-electron chi connectivity index (χ2n) is 13.1. The van der Waals surface area contributed by atoms with Crippen LogP contribution in [0.1, 0.15) is 58.6 Å². The predicted octanol–water partition coefficient (Wildman–Crippen LogP) is 10.9. The Morgan fingerprint density at radius 1 is 0.490 bits per heavy atom. The zero-order valence-electron chi connectivity index (χ0n) is 26.8. The maximum atomic E-state index is 6.93. The summed E-state index contributed by atoms with van der Waals surface area (Å²) in [6.45, 7) is 0. The standard InChI is InChI=1S/C45H32N2O2/c1-3-13-29(14-4-1)38-28-39(47-44(46-38)30-15-5-2-6-16-30)43-26-25-40(48-43)31-23-24-42-37(27-31)45(36-21-11-12-22-41(36)49-42)34-19-9-7-17-32(34)33-18-8-10-20-35(33)45/h1-24,27-28,40,43H,25-26H2. The average molecular weight is 633 g/mol. The van der Waals surface area contributed by atoms with Gasteiger partial charge in [-0.15, -0.1) is 0 Å². The Labute approximate surface area is 285 Å². The van der Waals surface area contributed by atoms with Gasteiger partial charge in [-0.05, 0) is 64.9 Å². The predicted molar refractivity (Wildman–Crippen MR) is 193 cm³/mol. The molecule has 1 aromatic heterocycles. The zero-order valence-corrected chi connectivity index (χ0v) is 26.8. The van der Waals surface area contributed by atoms with Crippen LogP contribution in [-0.2, 0) is 10.2 Å². The quantitative estimate of drug-likeness (QED) is 0.194. The minimum absolute atomic E-state index is 0.0771. The molecule has 234 valence electrons. The Morgan fingerprint density at radius 3 is 1.82 bits per heavy atom. The average Bonchev–Trinajstić information content (AvgIpc) is 3.79. The molecule has 1 spiro atoms. The Morgan fingerprint density at radius 2 is 1.08 bits per heavy atom. The fourth-order valence-corrected chi connectivity index (χ4v) is 8.28. The Hall–Kier alpha value is -5.84. The van der Waals surface area contributed by atoms with Crippen LogP contribution in [0, 0.1) is 0 Å². The third-order valence-electron chi connectivity index (χ3n) is 10.4. The van der Waals surface area contributed by atoms with Gasteiger partial charge in [-0.2, -0.15) is 0 Å². The highest BCUT2D eigenvalue weighted by molar-refractivity contribution is 5.88. The van der Waals surface area contributed by atoms with E-state index >= 15 is 0 Å². The molecule has 4 nitrogen and oxygen atoms in total. The Kier molecular flexibility index (Phi) is 6.40. The van der Waals surface area contributed by atoms with Crippen molar-refractivity contribution in [1.29, 1.82) is 0 Å². The zero-order chi connectivity index (χ0) is 32.4. The molecule has 2 atom stereocenters. The molecule has 1 fully saturated rings. The van der Waals surface area contributed by atoms with E-state index < -0.39 is 5.41 Å². The summed E-state index contributed by atoms with van der Waals surface area (Å²) in [5, 5.41) is 0. The lowest BCUT2D eigenvalue weighted by molar-refractivity contribution is 0.0416. The molecule has 10 rings (SSSR count). The van der Waals surface area contributed by atoms with Crippen LogP contribution in [0.5, 0.6) is 11.5 Å². The summed E-state index contributed by atoms with van der Waals surface area (Å²) in [6, 6.07) is 55.5. The van der Waals surface area contributed by atoms with E-state index in [-0.39, 0.29) is 12.2 Å².